The molecule has 0 unspecified atom stereocenters. The molecule has 3 rings (SSSR count). The summed E-state index contributed by atoms with van der Waals surface area (Å²) in [6, 6.07) is 5.71. The van der Waals surface area contributed by atoms with Crippen molar-refractivity contribution < 1.29 is 22.7 Å². The largest absolute Gasteiger partial charge is 0.379 e. The Hall–Kier alpha value is -1.81. The molecule has 2 aliphatic heterocycles. The molecule has 0 saturated carbocycles. The van der Waals surface area contributed by atoms with E-state index >= 15 is 0 Å². The predicted molar refractivity (Wildman–Crippen MR) is 80.9 cm³/mol. The van der Waals surface area contributed by atoms with Gasteiger partial charge in [-0.2, -0.15) is 0 Å². The molecule has 2 fully saturated rings. The Bertz CT molecular complexity index is 694. The molecule has 0 aliphatic carbocycles. The van der Waals surface area contributed by atoms with Crippen LogP contribution in [0.15, 0.2) is 29.2 Å². The van der Waals surface area contributed by atoms with Gasteiger partial charge in [0.2, 0.25) is 11.8 Å². The van der Waals surface area contributed by atoms with Gasteiger partial charge < -0.3 is 4.74 Å². The standard InChI is InChI=1S/C14H17N3O5S/c18-13-5-6-14(19)17(13)11-1-3-12(4-2-11)23(20,21)15-16-7-9-22-10-8-16/h1-4,15H,5-10H2. The van der Waals surface area contributed by atoms with Gasteiger partial charge in [-0.25, -0.2) is 13.4 Å². The average molecular weight is 339 g/mol. The van der Waals surface area contributed by atoms with Crippen molar-refractivity contribution in [2.24, 2.45) is 0 Å². The number of amides is 2. The van der Waals surface area contributed by atoms with E-state index in [-0.39, 0.29) is 29.6 Å². The summed E-state index contributed by atoms with van der Waals surface area (Å²) >= 11 is 0. The monoisotopic (exact) mass is 339 g/mol. The Morgan fingerprint density at radius 2 is 1.52 bits per heavy atom. The lowest BCUT2D eigenvalue weighted by Gasteiger charge is -2.26. The topological polar surface area (TPSA) is 96.0 Å². The molecule has 9 heteroatoms. The number of ether oxygens (including phenoxy) is 1. The maximum absolute atomic E-state index is 12.3. The van der Waals surface area contributed by atoms with Gasteiger partial charge in [-0.3, -0.25) is 14.5 Å². The Kier molecular flexibility index (Phi) is 4.44. The molecule has 1 aromatic rings. The number of rotatable bonds is 4. The van der Waals surface area contributed by atoms with Crippen LogP contribution in [0, 0.1) is 0 Å². The molecule has 0 atom stereocenters. The summed E-state index contributed by atoms with van der Waals surface area (Å²) < 4.78 is 29.8. The van der Waals surface area contributed by atoms with Crippen molar-refractivity contribution in [2.45, 2.75) is 17.7 Å². The van der Waals surface area contributed by atoms with E-state index < -0.39 is 10.0 Å². The molecule has 2 amide bonds. The maximum Gasteiger partial charge on any atom is 0.253 e. The third-order valence-corrected chi connectivity index (χ3v) is 5.11. The van der Waals surface area contributed by atoms with Gasteiger partial charge in [0.25, 0.3) is 10.0 Å². The van der Waals surface area contributed by atoms with E-state index in [9.17, 15) is 18.0 Å². The van der Waals surface area contributed by atoms with Crippen LogP contribution in [0.3, 0.4) is 0 Å². The van der Waals surface area contributed by atoms with Gasteiger partial charge in [-0.1, -0.05) is 0 Å². The number of benzene rings is 1. The molecule has 0 bridgehead atoms. The number of anilines is 1. The maximum atomic E-state index is 12.3. The smallest absolute Gasteiger partial charge is 0.253 e. The summed E-state index contributed by atoms with van der Waals surface area (Å²) in [4.78, 5) is 27.0. The van der Waals surface area contributed by atoms with Crippen LogP contribution in [0.5, 0.6) is 0 Å². The quantitative estimate of drug-likeness (QED) is 0.768. The second-order valence-corrected chi connectivity index (χ2v) is 6.97. The van der Waals surface area contributed by atoms with E-state index in [1.54, 1.807) is 5.01 Å². The van der Waals surface area contributed by atoms with E-state index in [0.29, 0.717) is 32.0 Å². The number of hydrogen-bond acceptors (Lipinski definition) is 6. The van der Waals surface area contributed by atoms with Crippen LogP contribution in [-0.4, -0.2) is 51.5 Å². The van der Waals surface area contributed by atoms with Gasteiger partial charge in [0.1, 0.15) is 0 Å². The van der Waals surface area contributed by atoms with Crippen molar-refractivity contribution in [3.63, 3.8) is 0 Å². The average Bonchev–Trinajstić information content (AvgIpc) is 2.87. The Morgan fingerprint density at radius 3 is 2.09 bits per heavy atom. The molecule has 124 valence electrons. The van der Waals surface area contributed by atoms with E-state index in [4.69, 9.17) is 4.74 Å². The first-order chi connectivity index (χ1) is 11.0. The van der Waals surface area contributed by atoms with Gasteiger partial charge in [0.15, 0.2) is 0 Å². The number of carbonyl (C=O) groups excluding carboxylic acids is 2. The zero-order valence-electron chi connectivity index (χ0n) is 12.4. The van der Waals surface area contributed by atoms with Crippen LogP contribution in [0.25, 0.3) is 0 Å². The lowest BCUT2D eigenvalue weighted by atomic mass is 10.3. The number of sulfonamides is 1. The molecule has 0 radical (unpaired) electrons. The highest BCUT2D eigenvalue weighted by Crippen LogP contribution is 2.24. The first kappa shape index (κ1) is 16.1. The van der Waals surface area contributed by atoms with Crippen molar-refractivity contribution in [2.75, 3.05) is 31.2 Å². The van der Waals surface area contributed by atoms with Gasteiger partial charge in [0.05, 0.1) is 23.8 Å². The minimum atomic E-state index is -3.70. The summed E-state index contributed by atoms with van der Waals surface area (Å²) in [6.45, 7) is 1.91. The SMILES string of the molecule is O=C1CCC(=O)N1c1ccc(S(=O)(=O)NN2CCOCC2)cc1. The van der Waals surface area contributed by atoms with E-state index in [1.807, 2.05) is 0 Å². The van der Waals surface area contributed by atoms with Crippen LogP contribution in [0.2, 0.25) is 0 Å². The summed E-state index contributed by atoms with van der Waals surface area (Å²) in [5, 5.41) is 1.58. The minimum absolute atomic E-state index is 0.0758. The first-order valence-electron chi connectivity index (χ1n) is 7.28. The lowest BCUT2D eigenvalue weighted by Crippen LogP contribution is -2.48. The summed E-state index contributed by atoms with van der Waals surface area (Å²) in [5.74, 6) is -0.533. The molecule has 1 N–H and O–H groups in total. The molecule has 1 aromatic carbocycles. The fourth-order valence-corrected chi connectivity index (χ4v) is 3.64. The Balaban J connectivity index is 1.75. The predicted octanol–water partition coefficient (Wildman–Crippen LogP) is -0.134. The lowest BCUT2D eigenvalue weighted by molar-refractivity contribution is -0.121. The van der Waals surface area contributed by atoms with Crippen LogP contribution >= 0.6 is 0 Å². The van der Waals surface area contributed by atoms with Crippen LogP contribution in [0.4, 0.5) is 5.69 Å². The second kappa shape index (κ2) is 6.36. The molecule has 2 aliphatic rings. The Labute approximate surface area is 134 Å². The van der Waals surface area contributed by atoms with Crippen LogP contribution in [-0.2, 0) is 24.3 Å². The molecule has 23 heavy (non-hydrogen) atoms. The highest BCUT2D eigenvalue weighted by Gasteiger charge is 2.30. The molecule has 2 saturated heterocycles. The summed E-state index contributed by atoms with van der Waals surface area (Å²) in [7, 11) is -3.70. The minimum Gasteiger partial charge on any atom is -0.379 e. The first-order valence-corrected chi connectivity index (χ1v) is 8.77. The van der Waals surface area contributed by atoms with Crippen LogP contribution < -0.4 is 9.73 Å². The van der Waals surface area contributed by atoms with Gasteiger partial charge in [0, 0.05) is 25.9 Å². The highest BCUT2D eigenvalue weighted by molar-refractivity contribution is 7.89. The number of morpholine rings is 1. The molecule has 8 nitrogen and oxygen atoms in total. The van der Waals surface area contributed by atoms with E-state index in [0.717, 1.165) is 4.90 Å². The molecule has 2 heterocycles. The molecule has 0 spiro atoms. The number of imide groups is 1. The Morgan fingerprint density at radius 1 is 0.957 bits per heavy atom. The van der Waals surface area contributed by atoms with E-state index in [1.165, 1.54) is 24.3 Å². The summed E-state index contributed by atoms with van der Waals surface area (Å²) in [6.07, 6.45) is 0.384. The second-order valence-electron chi connectivity index (χ2n) is 5.31. The zero-order chi connectivity index (χ0) is 16.4. The van der Waals surface area contributed by atoms with Crippen molar-refractivity contribution in [3.8, 4) is 0 Å². The number of hydrogen-bond donors (Lipinski definition) is 1. The normalized spacial score (nSPS) is 20.3. The molecular weight excluding hydrogens is 322 g/mol. The van der Waals surface area contributed by atoms with Gasteiger partial charge in [-0.15, -0.1) is 4.83 Å². The third-order valence-electron chi connectivity index (χ3n) is 3.72. The van der Waals surface area contributed by atoms with Crippen molar-refractivity contribution in [3.05, 3.63) is 24.3 Å². The fraction of sp³-hybridized carbons (Fsp3) is 0.429. The fourth-order valence-electron chi connectivity index (χ4n) is 2.52. The van der Waals surface area contributed by atoms with Gasteiger partial charge in [-0.05, 0) is 24.3 Å². The number of nitrogens with zero attached hydrogens (tertiary/aromatic N) is 2. The van der Waals surface area contributed by atoms with Crippen molar-refractivity contribution in [1.82, 2.24) is 9.84 Å². The van der Waals surface area contributed by atoms with Crippen molar-refractivity contribution in [1.29, 1.82) is 0 Å². The highest BCUT2D eigenvalue weighted by atomic mass is 32.2. The van der Waals surface area contributed by atoms with Crippen LogP contribution in [0.1, 0.15) is 12.8 Å². The number of hydrazine groups is 1. The number of carbonyl (C=O) groups is 2. The summed E-state index contributed by atoms with van der Waals surface area (Å²) in [5.41, 5.74) is 0.392. The van der Waals surface area contributed by atoms with Gasteiger partial charge >= 0.3 is 0 Å². The zero-order valence-corrected chi connectivity index (χ0v) is 13.2. The third kappa shape index (κ3) is 3.42. The molecular formula is C14H17N3O5S. The van der Waals surface area contributed by atoms with E-state index in [2.05, 4.69) is 4.83 Å². The van der Waals surface area contributed by atoms with Crippen molar-refractivity contribution >= 4 is 27.5 Å². The number of nitrogens with one attached hydrogen (secondary N) is 1. The molecule has 0 aromatic heterocycles.